The van der Waals surface area contributed by atoms with Crippen LogP contribution >= 0.6 is 0 Å². The zero-order valence-electron chi connectivity index (χ0n) is 21.1. The van der Waals surface area contributed by atoms with Crippen molar-refractivity contribution in [3.05, 3.63) is 121 Å². The van der Waals surface area contributed by atoms with Crippen molar-refractivity contribution < 1.29 is 0 Å². The molecule has 6 heteroatoms. The van der Waals surface area contributed by atoms with Crippen molar-refractivity contribution in [2.75, 3.05) is 0 Å². The van der Waals surface area contributed by atoms with Gasteiger partial charge in [0.15, 0.2) is 0 Å². The van der Waals surface area contributed by atoms with Gasteiger partial charge in [0.2, 0.25) is 0 Å². The summed E-state index contributed by atoms with van der Waals surface area (Å²) in [5, 5.41) is 0. The zero-order valence-corrected chi connectivity index (χ0v) is 21.1. The van der Waals surface area contributed by atoms with Gasteiger partial charge in [0.05, 0.1) is 45.6 Å². The molecule has 0 saturated heterocycles. The largest absolute Gasteiger partial charge is 0.255 e. The molecule has 0 aliphatic rings. The highest BCUT2D eigenvalue weighted by molar-refractivity contribution is 5.79. The van der Waals surface area contributed by atoms with Gasteiger partial charge in [-0.3, -0.25) is 19.9 Å². The number of aryl methyl sites for hydroxylation is 2. The van der Waals surface area contributed by atoms with Gasteiger partial charge < -0.3 is 0 Å². The van der Waals surface area contributed by atoms with E-state index in [0.29, 0.717) is 0 Å². The highest BCUT2D eigenvalue weighted by Crippen LogP contribution is 2.33. The number of nitrogens with zero attached hydrogens (tertiary/aromatic N) is 6. The second kappa shape index (κ2) is 10.1. The molecule has 6 aromatic heterocycles. The van der Waals surface area contributed by atoms with Gasteiger partial charge in [-0.2, -0.15) is 0 Å². The van der Waals surface area contributed by atoms with Gasteiger partial charge in [-0.25, -0.2) is 9.97 Å². The Morgan fingerprint density at radius 3 is 1.13 bits per heavy atom. The summed E-state index contributed by atoms with van der Waals surface area (Å²) in [5.41, 5.74) is 10.5. The summed E-state index contributed by atoms with van der Waals surface area (Å²) in [6.45, 7) is 4.11. The monoisotopic (exact) mass is 492 g/mol. The highest BCUT2D eigenvalue weighted by Gasteiger charge is 2.14. The summed E-state index contributed by atoms with van der Waals surface area (Å²) >= 11 is 0. The van der Waals surface area contributed by atoms with Crippen LogP contribution in [-0.2, 0) is 0 Å². The topological polar surface area (TPSA) is 77.3 Å². The van der Waals surface area contributed by atoms with E-state index < -0.39 is 0 Å². The second-order valence-corrected chi connectivity index (χ2v) is 9.12. The number of rotatable bonds is 5. The van der Waals surface area contributed by atoms with Gasteiger partial charge in [0.25, 0.3) is 0 Å². The third-order valence-corrected chi connectivity index (χ3v) is 6.19. The van der Waals surface area contributed by atoms with E-state index in [2.05, 4.69) is 58.0 Å². The van der Waals surface area contributed by atoms with Crippen LogP contribution in [-0.4, -0.2) is 29.9 Å². The normalized spacial score (nSPS) is 10.9. The first kappa shape index (κ1) is 23.3. The number of hydrogen-bond donors (Lipinski definition) is 0. The van der Waals surface area contributed by atoms with E-state index >= 15 is 0 Å². The summed E-state index contributed by atoms with van der Waals surface area (Å²) in [5.74, 6) is 0. The molecule has 0 bridgehead atoms. The van der Waals surface area contributed by atoms with Gasteiger partial charge in [-0.1, -0.05) is 12.1 Å². The minimum absolute atomic E-state index is 0.771. The first-order valence-corrected chi connectivity index (χ1v) is 12.4. The molecule has 0 fully saturated rings. The molecular weight excluding hydrogens is 468 g/mol. The zero-order chi connectivity index (χ0) is 25.9. The van der Waals surface area contributed by atoms with Crippen molar-refractivity contribution in [1.29, 1.82) is 0 Å². The summed E-state index contributed by atoms with van der Waals surface area (Å²) in [4.78, 5) is 28.2. The molecule has 0 aliphatic heterocycles. The van der Waals surface area contributed by atoms with Crippen LogP contribution < -0.4 is 0 Å². The summed E-state index contributed by atoms with van der Waals surface area (Å²) in [6.07, 6.45) is 7.18. The number of pyridine rings is 6. The Bertz CT molecular complexity index is 1600. The number of aromatic nitrogens is 6. The molecule has 0 atom stereocenters. The van der Waals surface area contributed by atoms with E-state index in [0.717, 1.165) is 67.8 Å². The average molecular weight is 493 g/mol. The molecule has 0 aromatic carbocycles. The standard InChI is InChI=1S/C32H24N6/c1-21-9-13-35-27(15-21)31-19-23(17-29(37-31)25-7-3-5-11-33-25)24-18-30(26-8-4-6-12-34-26)38-32(20-24)28-16-22(2)10-14-36-28/h3-20H,1-2H3. The van der Waals surface area contributed by atoms with Crippen LogP contribution in [0.4, 0.5) is 0 Å². The molecule has 0 spiro atoms. The molecule has 0 radical (unpaired) electrons. The molecular formula is C32H24N6. The molecule has 0 unspecified atom stereocenters. The minimum Gasteiger partial charge on any atom is -0.255 e. The van der Waals surface area contributed by atoms with Crippen LogP contribution in [0.3, 0.4) is 0 Å². The first-order valence-electron chi connectivity index (χ1n) is 12.4. The lowest BCUT2D eigenvalue weighted by Gasteiger charge is -2.12. The van der Waals surface area contributed by atoms with Gasteiger partial charge in [-0.05, 0) is 109 Å². The van der Waals surface area contributed by atoms with Crippen LogP contribution in [0, 0.1) is 13.8 Å². The predicted octanol–water partition coefficient (Wildman–Crippen LogP) is 7.01. The maximum absolute atomic E-state index is 4.95. The highest BCUT2D eigenvalue weighted by atomic mass is 14.8. The first-order chi connectivity index (χ1) is 18.6. The lowest BCUT2D eigenvalue weighted by atomic mass is 10.00. The Morgan fingerprint density at radius 1 is 0.368 bits per heavy atom. The van der Waals surface area contributed by atoms with Crippen LogP contribution in [0.15, 0.2) is 110 Å². The Balaban J connectivity index is 1.59. The molecule has 38 heavy (non-hydrogen) atoms. The van der Waals surface area contributed by atoms with Crippen molar-refractivity contribution in [2.24, 2.45) is 0 Å². The molecule has 0 saturated carbocycles. The van der Waals surface area contributed by atoms with E-state index in [-0.39, 0.29) is 0 Å². The molecule has 0 N–H and O–H groups in total. The molecule has 6 aromatic rings. The summed E-state index contributed by atoms with van der Waals surface area (Å²) in [6, 6.07) is 28.0. The fourth-order valence-electron chi connectivity index (χ4n) is 4.30. The van der Waals surface area contributed by atoms with Crippen molar-refractivity contribution in [3.8, 4) is 56.7 Å². The fourth-order valence-corrected chi connectivity index (χ4v) is 4.30. The molecule has 6 nitrogen and oxygen atoms in total. The molecule has 6 rings (SSSR count). The SMILES string of the molecule is Cc1ccnc(-c2cc(-c3cc(-c4ccccn4)nc(-c4cc(C)ccn4)c3)cc(-c3ccccn3)n2)c1. The van der Waals surface area contributed by atoms with E-state index in [1.165, 1.54) is 0 Å². The van der Waals surface area contributed by atoms with Crippen molar-refractivity contribution >= 4 is 0 Å². The van der Waals surface area contributed by atoms with Gasteiger partial charge in [-0.15, -0.1) is 0 Å². The smallest absolute Gasteiger partial charge is 0.0900 e. The quantitative estimate of drug-likeness (QED) is 0.258. The van der Waals surface area contributed by atoms with Gasteiger partial charge in [0, 0.05) is 24.8 Å². The van der Waals surface area contributed by atoms with Crippen LogP contribution in [0.5, 0.6) is 0 Å². The Hall–Kier alpha value is -5.10. The summed E-state index contributed by atoms with van der Waals surface area (Å²) < 4.78 is 0. The third-order valence-electron chi connectivity index (χ3n) is 6.19. The van der Waals surface area contributed by atoms with Crippen molar-refractivity contribution in [2.45, 2.75) is 13.8 Å². The van der Waals surface area contributed by atoms with E-state index in [9.17, 15) is 0 Å². The summed E-state index contributed by atoms with van der Waals surface area (Å²) in [7, 11) is 0. The second-order valence-electron chi connectivity index (χ2n) is 9.12. The van der Waals surface area contributed by atoms with Crippen molar-refractivity contribution in [3.63, 3.8) is 0 Å². The van der Waals surface area contributed by atoms with Gasteiger partial charge in [0.1, 0.15) is 0 Å². The fraction of sp³-hybridized carbons (Fsp3) is 0.0625. The lowest BCUT2D eigenvalue weighted by molar-refractivity contribution is 1.20. The average Bonchev–Trinajstić information content (AvgIpc) is 2.97. The van der Waals surface area contributed by atoms with Crippen LogP contribution in [0.2, 0.25) is 0 Å². The third kappa shape index (κ3) is 4.92. The maximum Gasteiger partial charge on any atom is 0.0900 e. The van der Waals surface area contributed by atoms with Gasteiger partial charge >= 0.3 is 0 Å². The minimum atomic E-state index is 0.771. The van der Waals surface area contributed by atoms with Crippen LogP contribution in [0.1, 0.15) is 11.1 Å². The molecule has 6 heterocycles. The molecule has 0 amide bonds. The predicted molar refractivity (Wildman–Crippen MR) is 150 cm³/mol. The maximum atomic E-state index is 4.95. The van der Waals surface area contributed by atoms with Crippen LogP contribution in [0.25, 0.3) is 56.7 Å². The van der Waals surface area contributed by atoms with E-state index in [1.54, 1.807) is 12.4 Å². The lowest BCUT2D eigenvalue weighted by Crippen LogP contribution is -1.97. The van der Waals surface area contributed by atoms with E-state index in [1.807, 2.05) is 73.1 Å². The van der Waals surface area contributed by atoms with Crippen molar-refractivity contribution in [1.82, 2.24) is 29.9 Å². The number of hydrogen-bond acceptors (Lipinski definition) is 6. The Morgan fingerprint density at radius 2 is 0.763 bits per heavy atom. The molecule has 182 valence electrons. The Labute approximate surface area is 221 Å². The molecule has 0 aliphatic carbocycles. The Kier molecular flexibility index (Phi) is 6.20. The van der Waals surface area contributed by atoms with E-state index in [4.69, 9.17) is 9.97 Å².